The van der Waals surface area contributed by atoms with Gasteiger partial charge in [0.1, 0.15) is 11.6 Å². The lowest BCUT2D eigenvalue weighted by Crippen LogP contribution is -2.41. The summed E-state index contributed by atoms with van der Waals surface area (Å²) in [6.07, 6.45) is 3.76. The van der Waals surface area contributed by atoms with Crippen molar-refractivity contribution < 1.29 is 17.9 Å². The van der Waals surface area contributed by atoms with Gasteiger partial charge in [0.05, 0.1) is 29.1 Å². The molecule has 11 heteroatoms. The van der Waals surface area contributed by atoms with Crippen LogP contribution < -0.4 is 14.8 Å². The fraction of sp³-hybridized carbons (Fsp3) is 0.429. The molecule has 9 nitrogen and oxygen atoms in total. The van der Waals surface area contributed by atoms with Gasteiger partial charge in [-0.25, -0.2) is 17.9 Å². The summed E-state index contributed by atoms with van der Waals surface area (Å²) in [5.74, 6) is 1.03. The van der Waals surface area contributed by atoms with Crippen LogP contribution in [0.25, 0.3) is 16.7 Å². The Kier molecular flexibility index (Phi) is 7.35. The number of methoxy groups -OCH3 is 1. The number of sulfonamides is 1. The number of aryl methyl sites for hydroxylation is 2. The highest BCUT2D eigenvalue weighted by atomic mass is 35.5. The van der Waals surface area contributed by atoms with Crippen molar-refractivity contribution in [3.63, 3.8) is 0 Å². The van der Waals surface area contributed by atoms with Crippen molar-refractivity contribution in [3.8, 4) is 11.6 Å². The molecule has 32 heavy (non-hydrogen) atoms. The summed E-state index contributed by atoms with van der Waals surface area (Å²) in [5.41, 5.74) is 2.34. The number of fused-ring (bicyclic) bond motifs is 1. The minimum Gasteiger partial charge on any atom is -0.495 e. The van der Waals surface area contributed by atoms with E-state index in [1.807, 2.05) is 42.8 Å². The van der Waals surface area contributed by atoms with Crippen LogP contribution in [0.2, 0.25) is 5.02 Å². The fourth-order valence-corrected chi connectivity index (χ4v) is 4.78. The zero-order chi connectivity index (χ0) is 23.5. The van der Waals surface area contributed by atoms with Gasteiger partial charge in [-0.2, -0.15) is 5.10 Å². The van der Waals surface area contributed by atoms with Crippen molar-refractivity contribution in [1.29, 1.82) is 0 Å². The highest BCUT2D eigenvalue weighted by molar-refractivity contribution is 7.90. The molecule has 0 aliphatic heterocycles. The van der Waals surface area contributed by atoms with Crippen LogP contribution in [-0.4, -0.2) is 48.2 Å². The van der Waals surface area contributed by atoms with Gasteiger partial charge in [0.15, 0.2) is 0 Å². The van der Waals surface area contributed by atoms with Crippen LogP contribution in [0.1, 0.15) is 31.0 Å². The third kappa shape index (κ3) is 5.18. The Balaban J connectivity index is 1.87. The van der Waals surface area contributed by atoms with Crippen LogP contribution >= 0.6 is 11.6 Å². The van der Waals surface area contributed by atoms with Gasteiger partial charge in [-0.15, -0.1) is 0 Å². The first kappa shape index (κ1) is 23.9. The normalized spacial score (nSPS) is 11.7. The zero-order valence-electron chi connectivity index (χ0n) is 18.6. The SMILES string of the molecule is CCCCNC(=O)NS(=O)(=O)CCc1c(C)nn(C)c1-n1ccc2cc(Cl)c(OC)cc21. The molecule has 2 amide bonds. The van der Waals surface area contributed by atoms with Crippen molar-refractivity contribution >= 4 is 38.6 Å². The molecule has 3 rings (SSSR count). The van der Waals surface area contributed by atoms with Gasteiger partial charge >= 0.3 is 6.03 Å². The van der Waals surface area contributed by atoms with E-state index < -0.39 is 16.1 Å². The molecule has 2 aromatic heterocycles. The molecule has 1 aromatic carbocycles. The zero-order valence-corrected chi connectivity index (χ0v) is 20.2. The summed E-state index contributed by atoms with van der Waals surface area (Å²) >= 11 is 6.25. The molecule has 0 fully saturated rings. The Morgan fingerprint density at radius 2 is 2.06 bits per heavy atom. The highest BCUT2D eigenvalue weighted by Crippen LogP contribution is 2.33. The largest absolute Gasteiger partial charge is 0.495 e. The molecule has 0 unspecified atom stereocenters. The van der Waals surface area contributed by atoms with Crippen LogP contribution in [0.3, 0.4) is 0 Å². The Morgan fingerprint density at radius 3 is 2.75 bits per heavy atom. The number of aromatic nitrogens is 3. The second kappa shape index (κ2) is 9.83. The third-order valence-corrected chi connectivity index (χ3v) is 6.72. The topological polar surface area (TPSA) is 107 Å². The number of nitrogens with one attached hydrogen (secondary N) is 2. The summed E-state index contributed by atoms with van der Waals surface area (Å²) in [6.45, 7) is 4.25. The van der Waals surface area contributed by atoms with E-state index in [9.17, 15) is 13.2 Å². The van der Waals surface area contributed by atoms with E-state index in [0.29, 0.717) is 23.0 Å². The van der Waals surface area contributed by atoms with Gasteiger partial charge in [0, 0.05) is 36.8 Å². The minimum atomic E-state index is -3.81. The Hall–Kier alpha value is -2.72. The van der Waals surface area contributed by atoms with E-state index in [0.717, 1.165) is 35.1 Å². The first-order valence-corrected chi connectivity index (χ1v) is 12.4. The summed E-state index contributed by atoms with van der Waals surface area (Å²) in [4.78, 5) is 11.9. The number of urea groups is 1. The van der Waals surface area contributed by atoms with Crippen LogP contribution in [0.15, 0.2) is 24.4 Å². The smallest absolute Gasteiger partial charge is 0.328 e. The van der Waals surface area contributed by atoms with Crippen molar-refractivity contribution in [1.82, 2.24) is 24.4 Å². The van der Waals surface area contributed by atoms with E-state index in [2.05, 4.69) is 15.1 Å². The first-order chi connectivity index (χ1) is 15.2. The van der Waals surface area contributed by atoms with Crippen LogP contribution in [0.5, 0.6) is 5.75 Å². The van der Waals surface area contributed by atoms with Crippen LogP contribution in [0.4, 0.5) is 4.79 Å². The third-order valence-electron chi connectivity index (χ3n) is 5.19. The molecule has 0 bridgehead atoms. The van der Waals surface area contributed by atoms with E-state index in [1.54, 1.807) is 18.8 Å². The molecule has 2 N–H and O–H groups in total. The van der Waals surface area contributed by atoms with Gasteiger partial charge in [-0.3, -0.25) is 4.68 Å². The molecule has 2 heterocycles. The Bertz CT molecular complexity index is 1230. The molecule has 0 spiro atoms. The molecule has 0 atom stereocenters. The van der Waals surface area contributed by atoms with Gasteiger partial charge in [-0.05, 0) is 31.9 Å². The lowest BCUT2D eigenvalue weighted by Gasteiger charge is -2.12. The number of ether oxygens (including phenoxy) is 1. The Morgan fingerprint density at radius 1 is 1.31 bits per heavy atom. The molecular formula is C21H28ClN5O4S. The number of carbonyl (C=O) groups excluding carboxylic acids is 1. The number of benzene rings is 1. The van der Waals surface area contributed by atoms with Crippen LogP contribution in [-0.2, 0) is 23.5 Å². The molecule has 0 saturated heterocycles. The van der Waals surface area contributed by atoms with Crippen molar-refractivity contribution in [2.24, 2.45) is 7.05 Å². The van der Waals surface area contributed by atoms with E-state index in [1.165, 1.54) is 0 Å². The van der Waals surface area contributed by atoms with Crippen molar-refractivity contribution in [2.45, 2.75) is 33.1 Å². The number of amides is 2. The van der Waals surface area contributed by atoms with Crippen LogP contribution in [0, 0.1) is 6.92 Å². The highest BCUT2D eigenvalue weighted by Gasteiger charge is 2.21. The molecule has 0 saturated carbocycles. The average molecular weight is 482 g/mol. The predicted molar refractivity (Wildman–Crippen MR) is 125 cm³/mol. The molecule has 0 aliphatic rings. The molecular weight excluding hydrogens is 454 g/mol. The molecule has 3 aromatic rings. The molecule has 0 aliphatic carbocycles. The van der Waals surface area contributed by atoms with E-state index >= 15 is 0 Å². The second-order valence-corrected chi connectivity index (χ2v) is 9.77. The first-order valence-electron chi connectivity index (χ1n) is 10.3. The van der Waals surface area contributed by atoms with E-state index in [4.69, 9.17) is 16.3 Å². The number of nitrogens with zero attached hydrogens (tertiary/aromatic N) is 3. The number of unbranched alkanes of at least 4 members (excludes halogenated alkanes) is 1. The number of halogens is 1. The fourth-order valence-electron chi connectivity index (χ4n) is 3.60. The lowest BCUT2D eigenvalue weighted by atomic mass is 10.2. The summed E-state index contributed by atoms with van der Waals surface area (Å²) in [6, 6.07) is 4.87. The van der Waals surface area contributed by atoms with Gasteiger partial charge in [0.2, 0.25) is 10.0 Å². The molecule has 0 radical (unpaired) electrons. The van der Waals surface area contributed by atoms with Crippen molar-refractivity contribution in [3.05, 3.63) is 40.7 Å². The number of hydrogen-bond acceptors (Lipinski definition) is 5. The van der Waals surface area contributed by atoms with Gasteiger partial charge in [0.25, 0.3) is 0 Å². The maximum absolute atomic E-state index is 12.5. The quantitative estimate of drug-likeness (QED) is 0.456. The summed E-state index contributed by atoms with van der Waals surface area (Å²) < 4.78 is 36.0. The number of rotatable bonds is 9. The van der Waals surface area contributed by atoms with Gasteiger partial charge in [-0.1, -0.05) is 24.9 Å². The van der Waals surface area contributed by atoms with Crippen molar-refractivity contribution in [2.75, 3.05) is 19.4 Å². The Labute approximate surface area is 192 Å². The lowest BCUT2D eigenvalue weighted by molar-refractivity contribution is 0.245. The summed E-state index contributed by atoms with van der Waals surface area (Å²) in [5, 5.41) is 8.46. The standard InChI is InChI=1S/C21H28ClN5O4S/c1-5-6-9-23-21(28)25-32(29,30)11-8-16-14(2)24-26(3)20(16)27-10-7-15-12-17(22)19(31-4)13-18(15)27/h7,10,12-13H,5-6,8-9,11H2,1-4H3,(H2,23,25,28). The number of carbonyl (C=O) groups is 1. The monoisotopic (exact) mass is 481 g/mol. The average Bonchev–Trinajstić information content (AvgIpc) is 3.24. The second-order valence-electron chi connectivity index (χ2n) is 7.52. The predicted octanol–water partition coefficient (Wildman–Crippen LogP) is 3.31. The van der Waals surface area contributed by atoms with Gasteiger partial charge < -0.3 is 14.6 Å². The summed E-state index contributed by atoms with van der Waals surface area (Å²) in [7, 11) is -0.458. The molecule has 174 valence electrons. The maximum atomic E-state index is 12.5. The maximum Gasteiger partial charge on any atom is 0.328 e. The number of hydrogen-bond donors (Lipinski definition) is 2. The minimum absolute atomic E-state index is 0.191. The van der Waals surface area contributed by atoms with E-state index in [-0.39, 0.29) is 12.2 Å².